The van der Waals surface area contributed by atoms with Crippen LogP contribution in [0, 0.1) is 13.8 Å². The lowest BCUT2D eigenvalue weighted by molar-refractivity contribution is -0.136. The van der Waals surface area contributed by atoms with Gasteiger partial charge in [-0.1, -0.05) is 0 Å². The van der Waals surface area contributed by atoms with Gasteiger partial charge in [0.2, 0.25) is 0 Å². The molecule has 0 spiro atoms. The van der Waals surface area contributed by atoms with Crippen molar-refractivity contribution in [1.82, 2.24) is 9.97 Å². The number of aliphatic carboxylic acids is 1. The van der Waals surface area contributed by atoms with E-state index >= 15 is 0 Å². The minimum Gasteiger partial charge on any atom is -0.481 e. The van der Waals surface area contributed by atoms with Crippen LogP contribution in [0.15, 0.2) is 6.33 Å². The van der Waals surface area contributed by atoms with Gasteiger partial charge in [-0.25, -0.2) is 9.97 Å². The third-order valence-electron chi connectivity index (χ3n) is 2.60. The Labute approximate surface area is 103 Å². The van der Waals surface area contributed by atoms with Gasteiger partial charge in [0.1, 0.15) is 17.0 Å². The molecule has 0 aliphatic carbocycles. The first-order valence-corrected chi connectivity index (χ1v) is 6.07. The number of rotatable bonds is 4. The summed E-state index contributed by atoms with van der Waals surface area (Å²) >= 11 is 1.63. The quantitative estimate of drug-likeness (QED) is 0.871. The van der Waals surface area contributed by atoms with Crippen LogP contribution in [0.25, 0.3) is 10.2 Å². The number of aryl methyl sites for hydroxylation is 2. The summed E-state index contributed by atoms with van der Waals surface area (Å²) in [5.41, 5.74) is 1.16. The Balaban J connectivity index is 2.30. The minimum absolute atomic E-state index is 0.0770. The standard InChI is InChI=1S/C11H13N3O2S/c1-6-7(2)17-11-9(6)10(13-5-14-11)12-4-3-8(15)16/h5H,3-4H2,1-2H3,(H,15,16)(H,12,13,14). The Morgan fingerprint density at radius 1 is 1.47 bits per heavy atom. The maximum atomic E-state index is 10.5. The Kier molecular flexibility index (Phi) is 3.23. The van der Waals surface area contributed by atoms with Crippen LogP contribution in [0.1, 0.15) is 16.9 Å². The Morgan fingerprint density at radius 3 is 2.94 bits per heavy atom. The number of carbonyl (C=O) groups is 1. The van der Waals surface area contributed by atoms with E-state index in [0.717, 1.165) is 21.6 Å². The maximum absolute atomic E-state index is 10.5. The van der Waals surface area contributed by atoms with Crippen LogP contribution in [0.2, 0.25) is 0 Å². The van der Waals surface area contributed by atoms with Gasteiger partial charge in [-0.05, 0) is 19.4 Å². The first-order valence-electron chi connectivity index (χ1n) is 5.26. The lowest BCUT2D eigenvalue weighted by Crippen LogP contribution is -2.09. The number of hydrogen-bond donors (Lipinski definition) is 2. The van der Waals surface area contributed by atoms with Gasteiger partial charge in [-0.3, -0.25) is 4.79 Å². The van der Waals surface area contributed by atoms with E-state index in [1.54, 1.807) is 11.3 Å². The van der Waals surface area contributed by atoms with Gasteiger partial charge in [0, 0.05) is 11.4 Å². The highest BCUT2D eigenvalue weighted by atomic mass is 32.1. The van der Waals surface area contributed by atoms with E-state index in [1.165, 1.54) is 11.2 Å². The van der Waals surface area contributed by atoms with Crippen LogP contribution in [-0.4, -0.2) is 27.6 Å². The first-order chi connectivity index (χ1) is 8.09. The molecule has 2 aromatic rings. The molecular weight excluding hydrogens is 238 g/mol. The monoisotopic (exact) mass is 251 g/mol. The molecule has 0 aliphatic heterocycles. The second kappa shape index (κ2) is 4.67. The van der Waals surface area contributed by atoms with Crippen molar-refractivity contribution in [2.75, 3.05) is 11.9 Å². The van der Waals surface area contributed by atoms with Crippen LogP contribution in [0.4, 0.5) is 5.82 Å². The SMILES string of the molecule is Cc1sc2ncnc(NCCC(=O)O)c2c1C. The molecule has 0 bridgehead atoms. The van der Waals surface area contributed by atoms with E-state index in [4.69, 9.17) is 5.11 Å². The van der Waals surface area contributed by atoms with Crippen LogP contribution in [-0.2, 0) is 4.79 Å². The molecule has 0 saturated heterocycles. The fourth-order valence-corrected chi connectivity index (χ4v) is 2.60. The molecule has 0 fully saturated rings. The van der Waals surface area contributed by atoms with E-state index in [2.05, 4.69) is 15.3 Å². The molecule has 5 nitrogen and oxygen atoms in total. The van der Waals surface area contributed by atoms with Gasteiger partial charge in [0.25, 0.3) is 0 Å². The van der Waals surface area contributed by atoms with E-state index in [9.17, 15) is 4.79 Å². The summed E-state index contributed by atoms with van der Waals surface area (Å²) in [7, 11) is 0. The molecule has 0 atom stereocenters. The molecule has 2 N–H and O–H groups in total. The van der Waals surface area contributed by atoms with Crippen molar-refractivity contribution in [3.63, 3.8) is 0 Å². The summed E-state index contributed by atoms with van der Waals surface area (Å²) in [5.74, 6) is -0.0980. The molecule has 17 heavy (non-hydrogen) atoms. The second-order valence-electron chi connectivity index (χ2n) is 3.76. The van der Waals surface area contributed by atoms with Crippen molar-refractivity contribution in [2.45, 2.75) is 20.3 Å². The first kappa shape index (κ1) is 11.8. The molecule has 0 saturated carbocycles. The fourth-order valence-electron chi connectivity index (χ4n) is 1.60. The highest BCUT2D eigenvalue weighted by Crippen LogP contribution is 2.32. The van der Waals surface area contributed by atoms with Gasteiger partial charge < -0.3 is 10.4 Å². The zero-order chi connectivity index (χ0) is 12.4. The summed E-state index contributed by atoms with van der Waals surface area (Å²) in [6, 6.07) is 0. The number of carboxylic acids is 1. The van der Waals surface area contributed by atoms with Gasteiger partial charge in [0.05, 0.1) is 11.8 Å². The number of carboxylic acid groups (broad SMARTS) is 1. The van der Waals surface area contributed by atoms with E-state index in [1.807, 2.05) is 13.8 Å². The van der Waals surface area contributed by atoms with Gasteiger partial charge in [-0.15, -0.1) is 11.3 Å². The average molecular weight is 251 g/mol. The van der Waals surface area contributed by atoms with E-state index in [-0.39, 0.29) is 6.42 Å². The summed E-state index contributed by atoms with van der Waals surface area (Å²) < 4.78 is 0. The van der Waals surface area contributed by atoms with Crippen molar-refractivity contribution in [2.24, 2.45) is 0 Å². The molecule has 0 amide bonds. The van der Waals surface area contributed by atoms with E-state index < -0.39 is 5.97 Å². The van der Waals surface area contributed by atoms with Crippen molar-refractivity contribution in [3.05, 3.63) is 16.8 Å². The normalized spacial score (nSPS) is 10.7. The molecule has 6 heteroatoms. The highest BCUT2D eigenvalue weighted by Gasteiger charge is 2.11. The number of nitrogens with one attached hydrogen (secondary N) is 1. The van der Waals surface area contributed by atoms with Crippen LogP contribution in [0.5, 0.6) is 0 Å². The smallest absolute Gasteiger partial charge is 0.305 e. The lowest BCUT2D eigenvalue weighted by Gasteiger charge is -2.05. The number of nitrogens with zero attached hydrogens (tertiary/aromatic N) is 2. The molecule has 2 rings (SSSR count). The number of aromatic nitrogens is 2. The number of anilines is 1. The summed E-state index contributed by atoms with van der Waals surface area (Å²) in [5, 5.41) is 12.6. The number of fused-ring (bicyclic) bond motifs is 1. The van der Waals surface area contributed by atoms with Crippen molar-refractivity contribution in [3.8, 4) is 0 Å². The topological polar surface area (TPSA) is 75.1 Å². The van der Waals surface area contributed by atoms with Gasteiger partial charge in [0.15, 0.2) is 0 Å². The number of thiophene rings is 1. The third-order valence-corrected chi connectivity index (χ3v) is 3.71. The predicted molar refractivity (Wildman–Crippen MR) is 67.6 cm³/mol. The minimum atomic E-state index is -0.818. The largest absolute Gasteiger partial charge is 0.481 e. The molecule has 0 aromatic carbocycles. The van der Waals surface area contributed by atoms with Gasteiger partial charge >= 0.3 is 5.97 Å². The fraction of sp³-hybridized carbons (Fsp3) is 0.364. The summed E-state index contributed by atoms with van der Waals surface area (Å²) in [6.07, 6.45) is 1.58. The second-order valence-corrected chi connectivity index (χ2v) is 4.96. The van der Waals surface area contributed by atoms with Gasteiger partial charge in [-0.2, -0.15) is 0 Å². The molecular formula is C11H13N3O2S. The van der Waals surface area contributed by atoms with Crippen molar-refractivity contribution >= 4 is 33.3 Å². The van der Waals surface area contributed by atoms with Crippen molar-refractivity contribution in [1.29, 1.82) is 0 Å². The Morgan fingerprint density at radius 2 is 2.24 bits per heavy atom. The zero-order valence-corrected chi connectivity index (χ0v) is 10.5. The molecule has 0 unspecified atom stereocenters. The zero-order valence-electron chi connectivity index (χ0n) is 9.65. The van der Waals surface area contributed by atoms with Crippen LogP contribution >= 0.6 is 11.3 Å². The lowest BCUT2D eigenvalue weighted by atomic mass is 10.2. The molecule has 90 valence electrons. The van der Waals surface area contributed by atoms with Crippen molar-refractivity contribution < 1.29 is 9.90 Å². The summed E-state index contributed by atoms with van der Waals surface area (Å²) in [4.78, 5) is 21.0. The molecule has 0 aliphatic rings. The Bertz CT molecular complexity index is 565. The molecule has 2 aromatic heterocycles. The molecule has 2 heterocycles. The Hall–Kier alpha value is -1.69. The average Bonchev–Trinajstić information content (AvgIpc) is 2.55. The predicted octanol–water partition coefficient (Wildman–Crippen LogP) is 2.19. The summed E-state index contributed by atoms with van der Waals surface area (Å²) in [6.45, 7) is 4.44. The third kappa shape index (κ3) is 2.36. The maximum Gasteiger partial charge on any atom is 0.305 e. The van der Waals surface area contributed by atoms with Crippen LogP contribution in [0.3, 0.4) is 0 Å². The van der Waals surface area contributed by atoms with Crippen LogP contribution < -0.4 is 5.32 Å². The van der Waals surface area contributed by atoms with E-state index in [0.29, 0.717) is 6.54 Å². The number of hydrogen-bond acceptors (Lipinski definition) is 5. The molecule has 0 radical (unpaired) electrons. The highest BCUT2D eigenvalue weighted by molar-refractivity contribution is 7.18.